The van der Waals surface area contributed by atoms with Crippen LogP contribution < -0.4 is 10.2 Å². The zero-order chi connectivity index (χ0) is 21.4. The maximum Gasteiger partial charge on any atom is 0.127 e. The molecule has 0 amide bonds. The largest absolute Gasteiger partial charge is 0.392 e. The van der Waals surface area contributed by atoms with E-state index in [-0.39, 0.29) is 18.7 Å². The summed E-state index contributed by atoms with van der Waals surface area (Å²) < 4.78 is 0. The molecule has 2 unspecified atom stereocenters. The van der Waals surface area contributed by atoms with Gasteiger partial charge in [0, 0.05) is 27.3 Å². The number of aliphatic hydroxyl groups is 1. The molecule has 7 heteroatoms. The van der Waals surface area contributed by atoms with Gasteiger partial charge in [0.05, 0.1) is 23.9 Å². The molecule has 2 heterocycles. The molecule has 4 aromatic rings. The minimum Gasteiger partial charge on any atom is -0.392 e. The molecule has 31 heavy (non-hydrogen) atoms. The molecule has 2 atom stereocenters. The van der Waals surface area contributed by atoms with Crippen LogP contribution in [0.5, 0.6) is 0 Å². The average Bonchev–Trinajstić information content (AvgIpc) is 3.43. The lowest BCUT2D eigenvalue weighted by atomic mass is 9.91. The van der Waals surface area contributed by atoms with Gasteiger partial charge in [-0.25, -0.2) is 4.98 Å². The molecule has 1 aromatic heterocycles. The first-order valence-electron chi connectivity index (χ1n) is 9.85. The van der Waals surface area contributed by atoms with Gasteiger partial charge in [0.25, 0.3) is 0 Å². The molecular formula is C24H19Cl2N3OS. The summed E-state index contributed by atoms with van der Waals surface area (Å²) in [6.45, 7) is -0.0381. The van der Waals surface area contributed by atoms with Crippen LogP contribution in [0.4, 0.5) is 17.1 Å². The number of fused-ring (bicyclic) bond motifs is 1. The lowest BCUT2D eigenvalue weighted by Gasteiger charge is -2.26. The molecule has 0 saturated heterocycles. The monoisotopic (exact) mass is 467 g/mol. The van der Waals surface area contributed by atoms with E-state index in [1.165, 1.54) is 0 Å². The predicted molar refractivity (Wildman–Crippen MR) is 129 cm³/mol. The predicted octanol–water partition coefficient (Wildman–Crippen LogP) is 6.51. The zero-order valence-electron chi connectivity index (χ0n) is 16.4. The number of aromatic nitrogens is 1. The molecule has 5 rings (SSSR count). The van der Waals surface area contributed by atoms with Crippen LogP contribution >= 0.6 is 34.5 Å². The van der Waals surface area contributed by atoms with Crippen LogP contribution in [0.15, 0.2) is 78.3 Å². The minimum atomic E-state index is -0.266. The number of anilines is 3. The fourth-order valence-corrected chi connectivity index (χ4v) is 5.15. The van der Waals surface area contributed by atoms with Gasteiger partial charge in [0.15, 0.2) is 0 Å². The molecule has 1 aliphatic heterocycles. The van der Waals surface area contributed by atoms with E-state index >= 15 is 0 Å². The van der Waals surface area contributed by atoms with Crippen LogP contribution in [0, 0.1) is 0 Å². The Morgan fingerprint density at radius 2 is 1.81 bits per heavy atom. The van der Waals surface area contributed by atoms with Gasteiger partial charge in [0.1, 0.15) is 11.2 Å². The Balaban J connectivity index is 1.63. The van der Waals surface area contributed by atoms with Crippen molar-refractivity contribution in [2.24, 2.45) is 0 Å². The first kappa shape index (κ1) is 20.3. The Morgan fingerprint density at radius 1 is 1.00 bits per heavy atom. The molecular weight excluding hydrogens is 449 g/mol. The summed E-state index contributed by atoms with van der Waals surface area (Å²) in [5.74, 6) is -0.0167. The summed E-state index contributed by atoms with van der Waals surface area (Å²) in [5, 5.41) is 17.8. The summed E-state index contributed by atoms with van der Waals surface area (Å²) in [7, 11) is 0. The molecule has 2 N–H and O–H groups in total. The van der Waals surface area contributed by atoms with Crippen LogP contribution in [-0.2, 0) is 0 Å². The van der Waals surface area contributed by atoms with Crippen molar-refractivity contribution < 1.29 is 5.11 Å². The van der Waals surface area contributed by atoms with Crippen molar-refractivity contribution >= 4 is 51.6 Å². The van der Waals surface area contributed by atoms with Crippen molar-refractivity contribution in [2.75, 3.05) is 16.8 Å². The fraction of sp³-hybridized carbons (Fsp3) is 0.125. The van der Waals surface area contributed by atoms with Gasteiger partial charge in [-0.05, 0) is 53.6 Å². The van der Waals surface area contributed by atoms with E-state index in [4.69, 9.17) is 23.2 Å². The number of thiazole rings is 1. The average molecular weight is 468 g/mol. The van der Waals surface area contributed by atoms with Crippen molar-refractivity contribution in [3.05, 3.63) is 104 Å². The Labute approximate surface area is 194 Å². The maximum atomic E-state index is 10.0. The van der Waals surface area contributed by atoms with Gasteiger partial charge in [-0.3, -0.25) is 0 Å². The van der Waals surface area contributed by atoms with E-state index < -0.39 is 0 Å². The second-order valence-electron chi connectivity index (χ2n) is 7.32. The maximum absolute atomic E-state index is 10.0. The van der Waals surface area contributed by atoms with Crippen LogP contribution in [0.25, 0.3) is 0 Å². The number of benzene rings is 3. The molecule has 156 valence electrons. The summed E-state index contributed by atoms with van der Waals surface area (Å²) >= 11 is 14.0. The highest BCUT2D eigenvalue weighted by Crippen LogP contribution is 2.44. The Bertz CT molecular complexity index is 1200. The smallest absolute Gasteiger partial charge is 0.127 e. The number of hydrogen-bond donors (Lipinski definition) is 2. The quantitative estimate of drug-likeness (QED) is 0.351. The molecule has 3 aromatic carbocycles. The van der Waals surface area contributed by atoms with Crippen molar-refractivity contribution in [1.29, 1.82) is 0 Å². The Kier molecular flexibility index (Phi) is 5.59. The molecule has 0 radical (unpaired) electrons. The van der Waals surface area contributed by atoms with Crippen molar-refractivity contribution in [3.8, 4) is 0 Å². The van der Waals surface area contributed by atoms with E-state index in [2.05, 4.69) is 33.4 Å². The zero-order valence-corrected chi connectivity index (χ0v) is 18.7. The first-order valence-corrected chi connectivity index (χ1v) is 11.5. The summed E-state index contributed by atoms with van der Waals surface area (Å²) in [6.07, 6.45) is 1.57. The van der Waals surface area contributed by atoms with Gasteiger partial charge < -0.3 is 15.3 Å². The van der Waals surface area contributed by atoms with Gasteiger partial charge in [-0.1, -0.05) is 47.5 Å². The molecule has 0 saturated carbocycles. The highest BCUT2D eigenvalue weighted by atomic mass is 35.5. The second kappa shape index (κ2) is 8.52. The van der Waals surface area contributed by atoms with Crippen LogP contribution in [0.2, 0.25) is 10.0 Å². The van der Waals surface area contributed by atoms with E-state index in [1.807, 2.05) is 60.1 Å². The van der Waals surface area contributed by atoms with Gasteiger partial charge >= 0.3 is 0 Å². The summed E-state index contributed by atoms with van der Waals surface area (Å²) in [4.78, 5) is 6.69. The van der Waals surface area contributed by atoms with Crippen molar-refractivity contribution in [3.63, 3.8) is 0 Å². The summed E-state index contributed by atoms with van der Waals surface area (Å²) in [5.41, 5.74) is 5.13. The highest BCUT2D eigenvalue weighted by molar-refractivity contribution is 7.09. The minimum absolute atomic E-state index is 0.0167. The molecule has 0 bridgehead atoms. The van der Waals surface area contributed by atoms with E-state index in [9.17, 15) is 5.11 Å². The third kappa shape index (κ3) is 3.90. The highest BCUT2D eigenvalue weighted by Gasteiger charge is 2.31. The molecule has 4 nitrogen and oxygen atoms in total. The standard InChI is InChI=1S/C24H19Cl2N3OS/c25-17-7-4-15(5-8-17)23(24-27-10-11-31-24)16-6-9-20-21(12-16)29(22(14-30)28-20)19-3-1-2-18(26)13-19/h1-13,22-23,28,30H,14H2. The molecule has 0 aliphatic carbocycles. The van der Waals surface area contributed by atoms with Gasteiger partial charge in [-0.2, -0.15) is 0 Å². The van der Waals surface area contributed by atoms with E-state index in [1.54, 1.807) is 11.3 Å². The first-order chi connectivity index (χ1) is 15.1. The third-order valence-electron chi connectivity index (χ3n) is 5.41. The second-order valence-corrected chi connectivity index (χ2v) is 9.12. The SMILES string of the molecule is OCC1Nc2ccc(C(c3ccc(Cl)cc3)c3nccs3)cc2N1c1cccc(Cl)c1. The van der Waals surface area contributed by atoms with Gasteiger partial charge in [0.2, 0.25) is 0 Å². The van der Waals surface area contributed by atoms with Crippen LogP contribution in [0.1, 0.15) is 22.1 Å². The van der Waals surface area contributed by atoms with E-state index in [0.717, 1.165) is 33.2 Å². The number of hydrogen-bond acceptors (Lipinski definition) is 5. The number of nitrogens with zero attached hydrogens (tertiary/aromatic N) is 2. The Hall–Kier alpha value is -2.57. The van der Waals surface area contributed by atoms with Crippen molar-refractivity contribution in [1.82, 2.24) is 4.98 Å². The Morgan fingerprint density at radius 3 is 2.52 bits per heavy atom. The number of nitrogens with one attached hydrogen (secondary N) is 1. The molecule has 0 spiro atoms. The van der Waals surface area contributed by atoms with Crippen molar-refractivity contribution in [2.45, 2.75) is 12.1 Å². The third-order valence-corrected chi connectivity index (χ3v) is 6.74. The van der Waals surface area contributed by atoms with Crippen LogP contribution in [-0.4, -0.2) is 22.9 Å². The molecule has 1 aliphatic rings. The van der Waals surface area contributed by atoms with Gasteiger partial charge in [-0.15, -0.1) is 11.3 Å². The van der Waals surface area contributed by atoms with E-state index in [0.29, 0.717) is 10.0 Å². The number of aliphatic hydroxyl groups excluding tert-OH is 1. The fourth-order valence-electron chi connectivity index (χ4n) is 4.04. The normalized spacial score (nSPS) is 16.1. The number of rotatable bonds is 5. The molecule has 0 fully saturated rings. The van der Waals surface area contributed by atoms with Crippen LogP contribution in [0.3, 0.4) is 0 Å². The number of halogens is 2. The summed E-state index contributed by atoms with van der Waals surface area (Å²) in [6, 6.07) is 21.9. The lowest BCUT2D eigenvalue weighted by Crippen LogP contribution is -2.35. The topological polar surface area (TPSA) is 48.4 Å². The lowest BCUT2D eigenvalue weighted by molar-refractivity contribution is 0.278.